The van der Waals surface area contributed by atoms with E-state index in [1.807, 2.05) is 6.92 Å². The van der Waals surface area contributed by atoms with E-state index in [0.717, 1.165) is 6.42 Å². The van der Waals surface area contributed by atoms with Gasteiger partial charge in [0.2, 0.25) is 0 Å². The number of halogens is 1. The highest BCUT2D eigenvalue weighted by Crippen LogP contribution is 2.35. The van der Waals surface area contributed by atoms with Gasteiger partial charge in [-0.1, -0.05) is 18.5 Å². The van der Waals surface area contributed by atoms with E-state index in [-0.39, 0.29) is 5.78 Å². The zero-order valence-corrected chi connectivity index (χ0v) is 9.84. The molecule has 0 atom stereocenters. The minimum atomic E-state index is 0.0145. The van der Waals surface area contributed by atoms with E-state index >= 15 is 0 Å². The second kappa shape index (κ2) is 4.74. The van der Waals surface area contributed by atoms with Gasteiger partial charge >= 0.3 is 0 Å². The molecule has 16 heavy (non-hydrogen) atoms. The molecule has 1 aliphatic rings. The summed E-state index contributed by atoms with van der Waals surface area (Å²) in [5.74, 6) is 1.24. The summed E-state index contributed by atoms with van der Waals surface area (Å²) in [6.07, 6.45) is 1.27. The van der Waals surface area contributed by atoms with Crippen LogP contribution in [-0.2, 0) is 0 Å². The Morgan fingerprint density at radius 1 is 1.31 bits per heavy atom. The Morgan fingerprint density at radius 2 is 1.94 bits per heavy atom. The Labute approximate surface area is 99.3 Å². The van der Waals surface area contributed by atoms with Crippen molar-refractivity contribution < 1.29 is 14.3 Å². The molecule has 0 N–H and O–H groups in total. The third-order valence-corrected chi connectivity index (χ3v) is 2.77. The molecule has 0 aliphatic carbocycles. The predicted octanol–water partition coefficient (Wildman–Crippen LogP) is 3.09. The average molecular weight is 241 g/mol. The van der Waals surface area contributed by atoms with E-state index in [9.17, 15) is 4.79 Å². The van der Waals surface area contributed by atoms with E-state index < -0.39 is 0 Å². The second-order valence-corrected chi connectivity index (χ2v) is 4.01. The SMILES string of the molecule is CCC(=O)c1cc2c(cc1Cl)OCCCO2. The number of hydrogen-bond donors (Lipinski definition) is 0. The van der Waals surface area contributed by atoms with Crippen LogP contribution in [0.25, 0.3) is 0 Å². The van der Waals surface area contributed by atoms with Gasteiger partial charge in [-0.3, -0.25) is 4.79 Å². The van der Waals surface area contributed by atoms with Gasteiger partial charge in [0.05, 0.1) is 18.2 Å². The summed E-state index contributed by atoms with van der Waals surface area (Å²) in [7, 11) is 0. The average Bonchev–Trinajstić information content (AvgIpc) is 2.51. The molecule has 4 heteroatoms. The van der Waals surface area contributed by atoms with Crippen LogP contribution in [0.5, 0.6) is 11.5 Å². The number of carbonyl (C=O) groups is 1. The summed E-state index contributed by atoms with van der Waals surface area (Å²) in [6.45, 7) is 3.03. The molecule has 1 heterocycles. The van der Waals surface area contributed by atoms with Crippen LogP contribution in [0.3, 0.4) is 0 Å². The van der Waals surface area contributed by atoms with Crippen molar-refractivity contribution in [2.24, 2.45) is 0 Å². The van der Waals surface area contributed by atoms with Gasteiger partial charge < -0.3 is 9.47 Å². The maximum Gasteiger partial charge on any atom is 0.164 e. The number of carbonyl (C=O) groups excluding carboxylic acids is 1. The fraction of sp³-hybridized carbons (Fsp3) is 0.417. The molecule has 0 bridgehead atoms. The summed E-state index contributed by atoms with van der Waals surface area (Å²) in [6, 6.07) is 3.33. The smallest absolute Gasteiger partial charge is 0.164 e. The number of Topliss-reactive ketones (excluding diaryl/α,β-unsaturated/α-hetero) is 1. The Morgan fingerprint density at radius 3 is 2.56 bits per heavy atom. The molecule has 0 radical (unpaired) electrons. The van der Waals surface area contributed by atoms with Crippen LogP contribution >= 0.6 is 11.6 Å². The fourth-order valence-corrected chi connectivity index (χ4v) is 1.85. The highest BCUT2D eigenvalue weighted by Gasteiger charge is 2.16. The van der Waals surface area contributed by atoms with Crippen molar-refractivity contribution in [2.45, 2.75) is 19.8 Å². The van der Waals surface area contributed by atoms with Gasteiger partial charge in [-0.25, -0.2) is 0 Å². The monoisotopic (exact) mass is 240 g/mol. The van der Waals surface area contributed by atoms with Crippen LogP contribution in [0.15, 0.2) is 12.1 Å². The molecule has 0 saturated carbocycles. The highest BCUT2D eigenvalue weighted by molar-refractivity contribution is 6.34. The fourth-order valence-electron chi connectivity index (χ4n) is 1.59. The molecule has 1 aromatic rings. The number of rotatable bonds is 2. The number of ether oxygens (including phenoxy) is 2. The molecule has 86 valence electrons. The molecule has 0 spiro atoms. The molecule has 0 fully saturated rings. The lowest BCUT2D eigenvalue weighted by atomic mass is 10.1. The lowest BCUT2D eigenvalue weighted by molar-refractivity contribution is 0.0988. The second-order valence-electron chi connectivity index (χ2n) is 3.61. The Kier molecular flexibility index (Phi) is 3.34. The van der Waals surface area contributed by atoms with E-state index in [1.165, 1.54) is 0 Å². The largest absolute Gasteiger partial charge is 0.490 e. The van der Waals surface area contributed by atoms with Crippen molar-refractivity contribution in [1.29, 1.82) is 0 Å². The van der Waals surface area contributed by atoms with Crippen LogP contribution in [0.4, 0.5) is 0 Å². The zero-order chi connectivity index (χ0) is 11.5. The summed E-state index contributed by atoms with van der Waals surface area (Å²) < 4.78 is 11.0. The van der Waals surface area contributed by atoms with Gasteiger partial charge in [0.15, 0.2) is 17.3 Å². The van der Waals surface area contributed by atoms with Gasteiger partial charge in [0.1, 0.15) is 0 Å². The minimum absolute atomic E-state index is 0.0145. The number of ketones is 1. The number of benzene rings is 1. The van der Waals surface area contributed by atoms with Crippen LogP contribution in [-0.4, -0.2) is 19.0 Å². The Balaban J connectivity index is 2.42. The predicted molar refractivity (Wildman–Crippen MR) is 61.7 cm³/mol. The van der Waals surface area contributed by atoms with Crippen molar-refractivity contribution in [1.82, 2.24) is 0 Å². The number of hydrogen-bond acceptors (Lipinski definition) is 3. The first-order valence-electron chi connectivity index (χ1n) is 5.34. The van der Waals surface area contributed by atoms with Crippen LogP contribution < -0.4 is 9.47 Å². The molecule has 0 amide bonds. The Hall–Kier alpha value is -1.22. The quantitative estimate of drug-likeness (QED) is 0.746. The van der Waals surface area contributed by atoms with Crippen molar-refractivity contribution in [3.8, 4) is 11.5 Å². The molecule has 0 aromatic heterocycles. The van der Waals surface area contributed by atoms with Gasteiger partial charge in [0, 0.05) is 24.5 Å². The standard InChI is InChI=1S/C12H13ClO3/c1-2-10(14)8-6-11-12(7-9(8)13)16-5-3-4-15-11/h6-7H,2-5H2,1H3. The maximum absolute atomic E-state index is 11.6. The lowest BCUT2D eigenvalue weighted by Crippen LogP contribution is -2.00. The van der Waals surface area contributed by atoms with E-state index in [4.69, 9.17) is 21.1 Å². The molecular weight excluding hydrogens is 228 g/mol. The summed E-state index contributed by atoms with van der Waals surface area (Å²) in [4.78, 5) is 11.6. The normalized spacial score (nSPS) is 14.4. The summed E-state index contributed by atoms with van der Waals surface area (Å²) >= 11 is 6.03. The van der Waals surface area contributed by atoms with E-state index in [1.54, 1.807) is 12.1 Å². The summed E-state index contributed by atoms with van der Waals surface area (Å²) in [5.41, 5.74) is 0.508. The molecule has 3 nitrogen and oxygen atoms in total. The first kappa shape index (κ1) is 11.3. The molecule has 1 aliphatic heterocycles. The molecule has 0 saturated heterocycles. The van der Waals surface area contributed by atoms with Crippen LogP contribution in [0, 0.1) is 0 Å². The Bertz CT molecular complexity index is 415. The van der Waals surface area contributed by atoms with Crippen molar-refractivity contribution in [3.63, 3.8) is 0 Å². The maximum atomic E-state index is 11.6. The van der Waals surface area contributed by atoms with Gasteiger partial charge in [-0.15, -0.1) is 0 Å². The third-order valence-electron chi connectivity index (χ3n) is 2.46. The molecule has 2 rings (SSSR count). The third kappa shape index (κ3) is 2.14. The minimum Gasteiger partial charge on any atom is -0.490 e. The van der Waals surface area contributed by atoms with E-state index in [0.29, 0.717) is 41.7 Å². The van der Waals surface area contributed by atoms with Crippen molar-refractivity contribution in [2.75, 3.05) is 13.2 Å². The van der Waals surface area contributed by atoms with Crippen molar-refractivity contribution in [3.05, 3.63) is 22.7 Å². The zero-order valence-electron chi connectivity index (χ0n) is 9.09. The topological polar surface area (TPSA) is 35.5 Å². The van der Waals surface area contributed by atoms with Crippen LogP contribution in [0.1, 0.15) is 30.1 Å². The molecule has 1 aromatic carbocycles. The van der Waals surface area contributed by atoms with E-state index in [2.05, 4.69) is 0 Å². The van der Waals surface area contributed by atoms with Crippen molar-refractivity contribution >= 4 is 17.4 Å². The summed E-state index contributed by atoms with van der Waals surface area (Å²) in [5, 5.41) is 0.427. The highest BCUT2D eigenvalue weighted by atomic mass is 35.5. The van der Waals surface area contributed by atoms with Gasteiger partial charge in [0.25, 0.3) is 0 Å². The molecule has 0 unspecified atom stereocenters. The molecular formula is C12H13ClO3. The number of fused-ring (bicyclic) bond motifs is 1. The van der Waals surface area contributed by atoms with Gasteiger partial charge in [-0.2, -0.15) is 0 Å². The van der Waals surface area contributed by atoms with Crippen LogP contribution in [0.2, 0.25) is 5.02 Å². The first-order valence-corrected chi connectivity index (χ1v) is 5.72. The van der Waals surface area contributed by atoms with Gasteiger partial charge in [-0.05, 0) is 6.07 Å². The lowest BCUT2D eigenvalue weighted by Gasteiger charge is -2.10. The first-order chi connectivity index (χ1) is 7.72.